The van der Waals surface area contributed by atoms with Crippen LogP contribution in [-0.4, -0.2) is 83.7 Å². The second-order valence-electron chi connectivity index (χ2n) is 7.79. The highest BCUT2D eigenvalue weighted by molar-refractivity contribution is 14.0. The number of methoxy groups -OCH3 is 3. The van der Waals surface area contributed by atoms with Crippen molar-refractivity contribution < 1.29 is 18.9 Å². The van der Waals surface area contributed by atoms with E-state index in [0.29, 0.717) is 18.8 Å². The Morgan fingerprint density at radius 3 is 2.19 bits per heavy atom. The van der Waals surface area contributed by atoms with Crippen LogP contribution in [0.25, 0.3) is 0 Å². The number of hydrogen-bond donors (Lipinski definition) is 2. The van der Waals surface area contributed by atoms with Crippen LogP contribution in [0.2, 0.25) is 0 Å². The number of morpholine rings is 1. The standard InChI is InChI=1S/C22H38N4O4.HI/c1-7-23-21(25-16-22(2,3)26-10-12-30-13-11-26)24-9-8-18-19(28-5)14-17(27-4)15-20(18)29-6;/h14-15H,7-13,16H2,1-6H3,(H2,23,24,25);1H. The molecule has 2 rings (SSSR count). The normalized spacial score (nSPS) is 15.1. The lowest BCUT2D eigenvalue weighted by atomic mass is 10.0. The highest BCUT2D eigenvalue weighted by atomic mass is 127. The second-order valence-corrected chi connectivity index (χ2v) is 7.79. The molecule has 0 unspecified atom stereocenters. The van der Waals surface area contributed by atoms with Gasteiger partial charge in [0, 0.05) is 49.4 Å². The van der Waals surface area contributed by atoms with E-state index in [9.17, 15) is 0 Å². The minimum Gasteiger partial charge on any atom is -0.496 e. The molecule has 1 saturated heterocycles. The van der Waals surface area contributed by atoms with Gasteiger partial charge in [0.15, 0.2) is 5.96 Å². The van der Waals surface area contributed by atoms with Crippen LogP contribution in [0.5, 0.6) is 17.2 Å². The topological polar surface area (TPSA) is 76.6 Å². The summed E-state index contributed by atoms with van der Waals surface area (Å²) < 4.78 is 21.9. The van der Waals surface area contributed by atoms with Crippen LogP contribution in [0.3, 0.4) is 0 Å². The Hall–Kier alpha value is -1.46. The van der Waals surface area contributed by atoms with Crippen LogP contribution >= 0.6 is 24.0 Å². The number of guanidine groups is 1. The van der Waals surface area contributed by atoms with Crippen molar-refractivity contribution in [3.05, 3.63) is 17.7 Å². The van der Waals surface area contributed by atoms with Gasteiger partial charge >= 0.3 is 0 Å². The Bertz CT molecular complexity index is 669. The fraction of sp³-hybridized carbons (Fsp3) is 0.682. The van der Waals surface area contributed by atoms with E-state index in [2.05, 4.69) is 36.3 Å². The molecule has 8 nitrogen and oxygen atoms in total. The number of halogens is 1. The molecule has 1 heterocycles. The predicted molar refractivity (Wildman–Crippen MR) is 136 cm³/mol. The molecule has 1 aliphatic heterocycles. The number of aliphatic imine (C=N–C) groups is 1. The molecule has 1 aromatic rings. The first-order chi connectivity index (χ1) is 14.4. The summed E-state index contributed by atoms with van der Waals surface area (Å²) in [6.07, 6.45) is 0.730. The Kier molecular flexibility index (Phi) is 12.3. The molecule has 0 bridgehead atoms. The summed E-state index contributed by atoms with van der Waals surface area (Å²) in [6.45, 7) is 12.2. The maximum atomic E-state index is 5.55. The van der Waals surface area contributed by atoms with Gasteiger partial charge in [-0.05, 0) is 27.2 Å². The molecule has 9 heteroatoms. The van der Waals surface area contributed by atoms with E-state index >= 15 is 0 Å². The van der Waals surface area contributed by atoms with E-state index in [-0.39, 0.29) is 29.5 Å². The van der Waals surface area contributed by atoms with Gasteiger partial charge in [0.2, 0.25) is 0 Å². The Labute approximate surface area is 204 Å². The molecule has 31 heavy (non-hydrogen) atoms. The quantitative estimate of drug-likeness (QED) is 0.264. The first-order valence-electron chi connectivity index (χ1n) is 10.6. The molecule has 0 radical (unpaired) electrons. The van der Waals surface area contributed by atoms with Gasteiger partial charge in [-0.1, -0.05) is 0 Å². The lowest BCUT2D eigenvalue weighted by Crippen LogP contribution is -2.52. The zero-order chi connectivity index (χ0) is 22.0. The van der Waals surface area contributed by atoms with E-state index in [1.807, 2.05) is 12.1 Å². The second kappa shape index (κ2) is 13.8. The van der Waals surface area contributed by atoms with Gasteiger partial charge in [0.25, 0.3) is 0 Å². The molecular weight excluding hydrogens is 511 g/mol. The molecule has 2 N–H and O–H groups in total. The minimum atomic E-state index is -0.0193. The largest absolute Gasteiger partial charge is 0.496 e. The van der Waals surface area contributed by atoms with E-state index in [1.165, 1.54) is 0 Å². The number of hydrogen-bond acceptors (Lipinski definition) is 6. The van der Waals surface area contributed by atoms with Crippen molar-refractivity contribution in [2.24, 2.45) is 4.99 Å². The first-order valence-corrected chi connectivity index (χ1v) is 10.6. The maximum absolute atomic E-state index is 5.55. The fourth-order valence-electron chi connectivity index (χ4n) is 3.51. The van der Waals surface area contributed by atoms with Crippen molar-refractivity contribution in [2.45, 2.75) is 32.7 Å². The third-order valence-electron chi connectivity index (χ3n) is 5.32. The average Bonchev–Trinajstić information content (AvgIpc) is 2.77. The Balaban J connectivity index is 0.00000480. The number of ether oxygens (including phenoxy) is 4. The van der Waals surface area contributed by atoms with Crippen molar-refractivity contribution >= 4 is 29.9 Å². The predicted octanol–water partition coefficient (Wildman–Crippen LogP) is 2.54. The molecule has 178 valence electrons. The average molecular weight is 550 g/mol. The molecular formula is C22H39IN4O4. The molecule has 0 spiro atoms. The number of nitrogens with one attached hydrogen (secondary N) is 2. The zero-order valence-electron chi connectivity index (χ0n) is 19.7. The van der Waals surface area contributed by atoms with Crippen molar-refractivity contribution in [1.82, 2.24) is 15.5 Å². The van der Waals surface area contributed by atoms with Gasteiger partial charge in [-0.15, -0.1) is 24.0 Å². The van der Waals surface area contributed by atoms with E-state index in [4.69, 9.17) is 23.9 Å². The summed E-state index contributed by atoms with van der Waals surface area (Å²) in [4.78, 5) is 7.27. The minimum absolute atomic E-state index is 0. The van der Waals surface area contributed by atoms with Crippen LogP contribution in [0.1, 0.15) is 26.3 Å². The van der Waals surface area contributed by atoms with Crippen LogP contribution in [0.15, 0.2) is 17.1 Å². The van der Waals surface area contributed by atoms with Crippen LogP contribution in [-0.2, 0) is 11.2 Å². The molecule has 1 fully saturated rings. The summed E-state index contributed by atoms with van der Waals surface area (Å²) in [7, 11) is 4.95. The summed E-state index contributed by atoms with van der Waals surface area (Å²) >= 11 is 0. The van der Waals surface area contributed by atoms with Gasteiger partial charge in [0.1, 0.15) is 17.2 Å². The van der Waals surface area contributed by atoms with Crippen molar-refractivity contribution in [1.29, 1.82) is 0 Å². The molecule has 0 saturated carbocycles. The van der Waals surface area contributed by atoms with E-state index in [1.54, 1.807) is 21.3 Å². The van der Waals surface area contributed by atoms with E-state index < -0.39 is 0 Å². The lowest BCUT2D eigenvalue weighted by Gasteiger charge is -2.39. The van der Waals surface area contributed by atoms with Gasteiger partial charge < -0.3 is 29.6 Å². The number of benzene rings is 1. The summed E-state index contributed by atoms with van der Waals surface area (Å²) in [5.74, 6) is 3.03. The van der Waals surface area contributed by atoms with E-state index in [0.717, 1.165) is 62.3 Å². The molecule has 0 aromatic heterocycles. The molecule has 0 amide bonds. The monoisotopic (exact) mass is 550 g/mol. The number of nitrogens with zero attached hydrogens (tertiary/aromatic N) is 2. The molecule has 1 aromatic carbocycles. The number of rotatable bonds is 10. The fourth-order valence-corrected chi connectivity index (χ4v) is 3.51. The maximum Gasteiger partial charge on any atom is 0.191 e. The highest BCUT2D eigenvalue weighted by Gasteiger charge is 2.28. The third kappa shape index (κ3) is 8.19. The summed E-state index contributed by atoms with van der Waals surface area (Å²) in [5.41, 5.74) is 0.979. The SMILES string of the molecule is CCNC(=NCC(C)(C)N1CCOCC1)NCCc1c(OC)cc(OC)cc1OC.I. The van der Waals surface area contributed by atoms with Gasteiger partial charge in [-0.25, -0.2) is 0 Å². The smallest absolute Gasteiger partial charge is 0.191 e. The van der Waals surface area contributed by atoms with Gasteiger partial charge in [-0.3, -0.25) is 9.89 Å². The lowest BCUT2D eigenvalue weighted by molar-refractivity contribution is -0.00683. The van der Waals surface area contributed by atoms with Crippen molar-refractivity contribution in [2.75, 3.05) is 67.3 Å². The zero-order valence-corrected chi connectivity index (χ0v) is 22.1. The first kappa shape index (κ1) is 27.6. The summed E-state index contributed by atoms with van der Waals surface area (Å²) in [6, 6.07) is 3.75. The molecule has 0 aliphatic carbocycles. The van der Waals surface area contributed by atoms with Crippen LogP contribution < -0.4 is 24.8 Å². The highest BCUT2D eigenvalue weighted by Crippen LogP contribution is 2.34. The van der Waals surface area contributed by atoms with Crippen LogP contribution in [0.4, 0.5) is 0 Å². The van der Waals surface area contributed by atoms with Crippen molar-refractivity contribution in [3.8, 4) is 17.2 Å². The van der Waals surface area contributed by atoms with Crippen LogP contribution in [0, 0.1) is 0 Å². The molecule has 0 atom stereocenters. The third-order valence-corrected chi connectivity index (χ3v) is 5.32. The summed E-state index contributed by atoms with van der Waals surface area (Å²) in [5, 5.41) is 6.76. The Morgan fingerprint density at radius 1 is 1.06 bits per heavy atom. The molecule has 1 aliphatic rings. The van der Waals surface area contributed by atoms with Gasteiger partial charge in [-0.2, -0.15) is 0 Å². The Morgan fingerprint density at radius 2 is 1.68 bits per heavy atom. The van der Waals surface area contributed by atoms with Crippen molar-refractivity contribution in [3.63, 3.8) is 0 Å². The van der Waals surface area contributed by atoms with Gasteiger partial charge in [0.05, 0.1) is 41.1 Å².